The Bertz CT molecular complexity index is 316. The standard InChI is InChI=1S/C11H18N4/c1-9-6-13-10(14-7-9)15-8-11(2-3-11)4-5-12/h6-7H,2-5,8,12H2,1H3,(H,13,14,15). The fourth-order valence-electron chi connectivity index (χ4n) is 1.75. The Kier molecular flexibility index (Phi) is 2.86. The van der Waals surface area contributed by atoms with E-state index in [-0.39, 0.29) is 0 Å². The Morgan fingerprint density at radius 2 is 2.07 bits per heavy atom. The van der Waals surface area contributed by atoms with E-state index in [9.17, 15) is 0 Å². The normalized spacial score (nSPS) is 17.5. The van der Waals surface area contributed by atoms with E-state index in [2.05, 4.69) is 15.3 Å². The molecule has 1 aromatic rings. The number of hydrogen-bond donors (Lipinski definition) is 2. The van der Waals surface area contributed by atoms with Gasteiger partial charge in [-0.25, -0.2) is 9.97 Å². The molecule has 4 heteroatoms. The summed E-state index contributed by atoms with van der Waals surface area (Å²) in [5.74, 6) is 0.726. The molecule has 0 atom stereocenters. The third-order valence-electron chi connectivity index (χ3n) is 3.03. The molecule has 0 unspecified atom stereocenters. The lowest BCUT2D eigenvalue weighted by molar-refractivity contribution is 0.500. The first-order valence-electron chi connectivity index (χ1n) is 5.47. The summed E-state index contributed by atoms with van der Waals surface area (Å²) in [6, 6.07) is 0. The molecular weight excluding hydrogens is 188 g/mol. The van der Waals surface area contributed by atoms with Crippen LogP contribution in [-0.4, -0.2) is 23.1 Å². The number of hydrogen-bond acceptors (Lipinski definition) is 4. The third kappa shape index (κ3) is 2.65. The Morgan fingerprint density at radius 1 is 1.40 bits per heavy atom. The van der Waals surface area contributed by atoms with Crippen LogP contribution in [0.25, 0.3) is 0 Å². The molecule has 82 valence electrons. The summed E-state index contributed by atoms with van der Waals surface area (Å²) in [5, 5.41) is 3.28. The minimum atomic E-state index is 0.434. The van der Waals surface area contributed by atoms with Crippen LogP contribution in [0.2, 0.25) is 0 Å². The van der Waals surface area contributed by atoms with Crippen LogP contribution in [0.1, 0.15) is 24.8 Å². The first-order valence-corrected chi connectivity index (χ1v) is 5.47. The van der Waals surface area contributed by atoms with Gasteiger partial charge in [0.05, 0.1) is 0 Å². The average molecular weight is 206 g/mol. The van der Waals surface area contributed by atoms with E-state index >= 15 is 0 Å². The van der Waals surface area contributed by atoms with E-state index in [1.165, 1.54) is 12.8 Å². The van der Waals surface area contributed by atoms with Crippen molar-refractivity contribution in [2.75, 3.05) is 18.4 Å². The molecule has 1 heterocycles. The van der Waals surface area contributed by atoms with Gasteiger partial charge in [-0.3, -0.25) is 0 Å². The van der Waals surface area contributed by atoms with Crippen molar-refractivity contribution >= 4 is 5.95 Å². The van der Waals surface area contributed by atoms with Crippen molar-refractivity contribution in [1.29, 1.82) is 0 Å². The Hall–Kier alpha value is -1.16. The van der Waals surface area contributed by atoms with Gasteiger partial charge >= 0.3 is 0 Å². The average Bonchev–Trinajstić information content (AvgIpc) is 2.99. The van der Waals surface area contributed by atoms with Gasteiger partial charge in [0.1, 0.15) is 0 Å². The molecule has 3 N–H and O–H groups in total. The minimum Gasteiger partial charge on any atom is -0.354 e. The highest BCUT2D eigenvalue weighted by Crippen LogP contribution is 2.48. The number of rotatable bonds is 5. The SMILES string of the molecule is Cc1cnc(NCC2(CCN)CC2)nc1. The van der Waals surface area contributed by atoms with Gasteiger partial charge in [0.2, 0.25) is 5.95 Å². The number of aryl methyl sites for hydroxylation is 1. The van der Waals surface area contributed by atoms with Gasteiger partial charge < -0.3 is 11.1 Å². The molecule has 2 rings (SSSR count). The van der Waals surface area contributed by atoms with Gasteiger partial charge in [0.15, 0.2) is 0 Å². The molecule has 1 aromatic heterocycles. The first-order chi connectivity index (χ1) is 7.24. The van der Waals surface area contributed by atoms with E-state index in [1.54, 1.807) is 0 Å². The predicted octanol–water partition coefficient (Wildman–Crippen LogP) is 1.33. The Balaban J connectivity index is 1.85. The Morgan fingerprint density at radius 3 is 2.60 bits per heavy atom. The van der Waals surface area contributed by atoms with Crippen molar-refractivity contribution in [3.05, 3.63) is 18.0 Å². The fraction of sp³-hybridized carbons (Fsp3) is 0.636. The van der Waals surface area contributed by atoms with E-state index in [0.717, 1.165) is 31.0 Å². The molecule has 1 aliphatic carbocycles. The molecule has 1 aliphatic rings. The summed E-state index contributed by atoms with van der Waals surface area (Å²) >= 11 is 0. The number of nitrogens with zero attached hydrogens (tertiary/aromatic N) is 2. The van der Waals surface area contributed by atoms with Gasteiger partial charge in [-0.2, -0.15) is 0 Å². The van der Waals surface area contributed by atoms with Gasteiger partial charge in [-0.15, -0.1) is 0 Å². The zero-order valence-corrected chi connectivity index (χ0v) is 9.16. The number of nitrogens with two attached hydrogens (primary N) is 1. The van der Waals surface area contributed by atoms with Gasteiger partial charge in [0.25, 0.3) is 0 Å². The van der Waals surface area contributed by atoms with E-state index in [0.29, 0.717) is 5.41 Å². The van der Waals surface area contributed by atoms with Crippen LogP contribution in [0.4, 0.5) is 5.95 Å². The molecule has 4 nitrogen and oxygen atoms in total. The van der Waals surface area contributed by atoms with E-state index in [1.807, 2.05) is 19.3 Å². The highest BCUT2D eigenvalue weighted by molar-refractivity contribution is 5.25. The third-order valence-corrected chi connectivity index (χ3v) is 3.03. The molecule has 15 heavy (non-hydrogen) atoms. The molecular formula is C11H18N4. The van der Waals surface area contributed by atoms with Crippen molar-refractivity contribution in [3.8, 4) is 0 Å². The summed E-state index contributed by atoms with van der Waals surface area (Å²) < 4.78 is 0. The van der Waals surface area contributed by atoms with Crippen molar-refractivity contribution < 1.29 is 0 Å². The first kappa shape index (κ1) is 10.4. The zero-order valence-electron chi connectivity index (χ0n) is 9.16. The van der Waals surface area contributed by atoms with Crippen LogP contribution in [-0.2, 0) is 0 Å². The maximum Gasteiger partial charge on any atom is 0.222 e. The quantitative estimate of drug-likeness (QED) is 0.762. The minimum absolute atomic E-state index is 0.434. The fourth-order valence-corrected chi connectivity index (χ4v) is 1.75. The highest BCUT2D eigenvalue weighted by atomic mass is 15.1. The molecule has 1 saturated carbocycles. The summed E-state index contributed by atoms with van der Waals surface area (Å²) in [4.78, 5) is 8.43. The second-order valence-corrected chi connectivity index (χ2v) is 4.48. The van der Waals surface area contributed by atoms with E-state index < -0.39 is 0 Å². The van der Waals surface area contributed by atoms with E-state index in [4.69, 9.17) is 5.73 Å². The zero-order chi connectivity index (χ0) is 10.7. The molecule has 0 spiro atoms. The van der Waals surface area contributed by atoms with Crippen LogP contribution in [0, 0.1) is 12.3 Å². The molecule has 0 aromatic carbocycles. The lowest BCUT2D eigenvalue weighted by Gasteiger charge is -2.14. The largest absolute Gasteiger partial charge is 0.354 e. The monoisotopic (exact) mass is 206 g/mol. The van der Waals surface area contributed by atoms with Crippen molar-refractivity contribution in [1.82, 2.24) is 9.97 Å². The van der Waals surface area contributed by atoms with Gasteiger partial charge in [-0.1, -0.05) is 0 Å². The van der Waals surface area contributed by atoms with Crippen LogP contribution in [0.3, 0.4) is 0 Å². The maximum atomic E-state index is 5.58. The van der Waals surface area contributed by atoms with Crippen molar-refractivity contribution in [3.63, 3.8) is 0 Å². The van der Waals surface area contributed by atoms with Crippen molar-refractivity contribution in [2.24, 2.45) is 11.1 Å². The number of nitrogens with one attached hydrogen (secondary N) is 1. The highest BCUT2D eigenvalue weighted by Gasteiger charge is 2.41. The van der Waals surface area contributed by atoms with Gasteiger partial charge in [0, 0.05) is 18.9 Å². The molecule has 1 fully saturated rings. The second-order valence-electron chi connectivity index (χ2n) is 4.48. The van der Waals surface area contributed by atoms with Crippen LogP contribution < -0.4 is 11.1 Å². The molecule has 0 amide bonds. The smallest absolute Gasteiger partial charge is 0.222 e. The maximum absolute atomic E-state index is 5.58. The topological polar surface area (TPSA) is 63.8 Å². The molecule has 0 bridgehead atoms. The number of aromatic nitrogens is 2. The lowest BCUT2D eigenvalue weighted by atomic mass is 10.0. The Labute approximate surface area is 90.3 Å². The summed E-state index contributed by atoms with van der Waals surface area (Å²) in [5.41, 5.74) is 7.10. The molecule has 0 aliphatic heterocycles. The summed E-state index contributed by atoms with van der Waals surface area (Å²) in [6.45, 7) is 3.71. The van der Waals surface area contributed by atoms with Crippen molar-refractivity contribution in [2.45, 2.75) is 26.2 Å². The van der Waals surface area contributed by atoms with Crippen LogP contribution in [0.5, 0.6) is 0 Å². The molecule has 0 saturated heterocycles. The van der Waals surface area contributed by atoms with Gasteiger partial charge in [-0.05, 0) is 43.7 Å². The van der Waals surface area contributed by atoms with Crippen LogP contribution >= 0.6 is 0 Å². The lowest BCUT2D eigenvalue weighted by Crippen LogP contribution is -2.20. The summed E-state index contributed by atoms with van der Waals surface area (Å²) in [6.07, 6.45) is 7.33. The summed E-state index contributed by atoms with van der Waals surface area (Å²) in [7, 11) is 0. The van der Waals surface area contributed by atoms with Crippen LogP contribution in [0.15, 0.2) is 12.4 Å². The second kappa shape index (κ2) is 4.14. The number of anilines is 1. The predicted molar refractivity (Wildman–Crippen MR) is 60.6 cm³/mol. The molecule has 0 radical (unpaired) electrons.